The van der Waals surface area contributed by atoms with Crippen LogP contribution in [-0.4, -0.2) is 60.9 Å². The molecule has 1 aliphatic heterocycles. The van der Waals surface area contributed by atoms with E-state index in [-0.39, 0.29) is 5.91 Å². The molecule has 3 aromatic rings. The highest BCUT2D eigenvalue weighted by atomic mass is 32.2. The second-order valence-corrected chi connectivity index (χ2v) is 9.98. The van der Waals surface area contributed by atoms with Crippen molar-refractivity contribution < 1.29 is 9.53 Å². The first-order chi connectivity index (χ1) is 15.1. The van der Waals surface area contributed by atoms with Crippen molar-refractivity contribution in [2.24, 2.45) is 0 Å². The predicted molar refractivity (Wildman–Crippen MR) is 130 cm³/mol. The van der Waals surface area contributed by atoms with E-state index in [2.05, 4.69) is 55.1 Å². The molecule has 0 saturated carbocycles. The van der Waals surface area contributed by atoms with Gasteiger partial charge in [-0.2, -0.15) is 0 Å². The molecular formula is C24H29N3O2S2. The number of thiazole rings is 1. The van der Waals surface area contributed by atoms with Crippen LogP contribution in [0.4, 0.5) is 5.13 Å². The third-order valence-electron chi connectivity index (χ3n) is 5.41. The van der Waals surface area contributed by atoms with Gasteiger partial charge in [0.25, 0.3) is 0 Å². The molecule has 0 unspecified atom stereocenters. The van der Waals surface area contributed by atoms with Gasteiger partial charge in [-0.3, -0.25) is 14.6 Å². The van der Waals surface area contributed by atoms with Crippen LogP contribution in [0.3, 0.4) is 0 Å². The summed E-state index contributed by atoms with van der Waals surface area (Å²) in [6.07, 6.45) is 0.926. The summed E-state index contributed by atoms with van der Waals surface area (Å²) in [6, 6.07) is 14.6. The normalized spacial score (nSPS) is 14.8. The summed E-state index contributed by atoms with van der Waals surface area (Å²) in [5.74, 6) is 0.526. The van der Waals surface area contributed by atoms with E-state index in [0.29, 0.717) is 12.3 Å². The van der Waals surface area contributed by atoms with Gasteiger partial charge in [-0.25, -0.2) is 4.98 Å². The molecule has 0 radical (unpaired) electrons. The zero-order valence-corrected chi connectivity index (χ0v) is 19.8. The Balaban J connectivity index is 1.46. The molecular weight excluding hydrogens is 426 g/mol. The van der Waals surface area contributed by atoms with Crippen LogP contribution >= 0.6 is 23.1 Å². The molecule has 164 valence electrons. The molecule has 2 heterocycles. The summed E-state index contributed by atoms with van der Waals surface area (Å²) in [4.78, 5) is 23.5. The fourth-order valence-electron chi connectivity index (χ4n) is 3.60. The van der Waals surface area contributed by atoms with Gasteiger partial charge >= 0.3 is 0 Å². The van der Waals surface area contributed by atoms with Crippen LogP contribution in [-0.2, 0) is 9.53 Å². The summed E-state index contributed by atoms with van der Waals surface area (Å²) in [5.41, 5.74) is 3.40. The van der Waals surface area contributed by atoms with Gasteiger partial charge in [0, 0.05) is 31.1 Å². The molecule has 0 atom stereocenters. The number of amides is 1. The molecule has 0 bridgehead atoms. The number of ether oxygens (including phenoxy) is 1. The number of benzene rings is 2. The summed E-state index contributed by atoms with van der Waals surface area (Å²) in [7, 11) is 0. The Morgan fingerprint density at radius 3 is 2.65 bits per heavy atom. The molecule has 31 heavy (non-hydrogen) atoms. The first kappa shape index (κ1) is 22.3. The van der Waals surface area contributed by atoms with E-state index in [4.69, 9.17) is 9.72 Å². The first-order valence-corrected chi connectivity index (χ1v) is 12.6. The maximum Gasteiger partial charge on any atom is 0.239 e. The van der Waals surface area contributed by atoms with E-state index >= 15 is 0 Å². The number of fused-ring (bicyclic) bond motifs is 1. The molecule has 1 amide bonds. The molecule has 0 N–H and O–H groups in total. The van der Waals surface area contributed by atoms with Crippen molar-refractivity contribution in [2.45, 2.75) is 25.2 Å². The predicted octanol–water partition coefficient (Wildman–Crippen LogP) is 4.76. The molecule has 4 rings (SSSR count). The van der Waals surface area contributed by atoms with Gasteiger partial charge in [-0.15, -0.1) is 11.8 Å². The fraction of sp³-hybridized carbons (Fsp3) is 0.417. The lowest BCUT2D eigenvalue weighted by Gasteiger charge is -2.27. The maximum absolute atomic E-state index is 13.2. The van der Waals surface area contributed by atoms with Crippen LogP contribution in [0.15, 0.2) is 47.4 Å². The van der Waals surface area contributed by atoms with E-state index < -0.39 is 0 Å². The number of rotatable bonds is 8. The number of nitrogens with zero attached hydrogens (tertiary/aromatic N) is 3. The average molecular weight is 456 g/mol. The fourth-order valence-corrected chi connectivity index (χ4v) is 5.48. The average Bonchev–Trinajstić information content (AvgIpc) is 3.19. The number of carbonyl (C=O) groups excluding carboxylic acids is 1. The van der Waals surface area contributed by atoms with Crippen LogP contribution in [0.2, 0.25) is 0 Å². The highest BCUT2D eigenvalue weighted by molar-refractivity contribution is 8.00. The van der Waals surface area contributed by atoms with Gasteiger partial charge in [0.1, 0.15) is 0 Å². The Bertz CT molecular complexity index is 1010. The minimum atomic E-state index is 0.114. The zero-order valence-electron chi connectivity index (χ0n) is 18.2. The molecule has 7 heteroatoms. The monoisotopic (exact) mass is 455 g/mol. The van der Waals surface area contributed by atoms with Crippen molar-refractivity contribution in [1.29, 1.82) is 0 Å². The number of aryl methyl sites for hydroxylation is 2. The van der Waals surface area contributed by atoms with Gasteiger partial charge in [-0.1, -0.05) is 35.1 Å². The molecule has 0 spiro atoms. The molecule has 1 fully saturated rings. The second kappa shape index (κ2) is 10.6. The number of thioether (sulfide) groups is 1. The van der Waals surface area contributed by atoms with Gasteiger partial charge in [0.15, 0.2) is 5.13 Å². The van der Waals surface area contributed by atoms with E-state index in [0.717, 1.165) is 59.5 Å². The minimum Gasteiger partial charge on any atom is -0.379 e. The number of anilines is 1. The lowest BCUT2D eigenvalue weighted by Crippen LogP contribution is -2.39. The van der Waals surface area contributed by atoms with Crippen molar-refractivity contribution in [1.82, 2.24) is 9.88 Å². The first-order valence-electron chi connectivity index (χ1n) is 10.8. The van der Waals surface area contributed by atoms with Crippen molar-refractivity contribution in [3.05, 3.63) is 53.6 Å². The van der Waals surface area contributed by atoms with E-state index in [1.165, 1.54) is 11.1 Å². The van der Waals surface area contributed by atoms with Crippen LogP contribution in [0.5, 0.6) is 0 Å². The second-order valence-electron chi connectivity index (χ2n) is 7.92. The third kappa shape index (κ3) is 6.07. The number of carbonyl (C=O) groups is 1. The number of aromatic nitrogens is 1. The molecule has 1 aliphatic rings. The number of hydrogen-bond acceptors (Lipinski definition) is 6. The van der Waals surface area contributed by atoms with Gasteiger partial charge in [0.05, 0.1) is 29.2 Å². The number of morpholine rings is 1. The van der Waals surface area contributed by atoms with E-state index in [1.807, 2.05) is 11.0 Å². The minimum absolute atomic E-state index is 0.114. The third-order valence-corrected chi connectivity index (χ3v) is 7.45. The molecule has 5 nitrogen and oxygen atoms in total. The van der Waals surface area contributed by atoms with Crippen molar-refractivity contribution in [3.8, 4) is 0 Å². The summed E-state index contributed by atoms with van der Waals surface area (Å²) in [5, 5.41) is 0.803. The molecule has 0 aliphatic carbocycles. The lowest BCUT2D eigenvalue weighted by atomic mass is 10.2. The van der Waals surface area contributed by atoms with E-state index in [1.54, 1.807) is 23.1 Å². The molecule has 2 aromatic carbocycles. The Labute approximate surface area is 192 Å². The Morgan fingerprint density at radius 1 is 1.13 bits per heavy atom. The van der Waals surface area contributed by atoms with E-state index in [9.17, 15) is 4.79 Å². The SMILES string of the molecule is Cc1ccc(SCC(=O)N(CCCN2CCOCC2)c2nc3ccc(C)cc3s2)cc1. The highest BCUT2D eigenvalue weighted by Gasteiger charge is 2.20. The Hall–Kier alpha value is -1.93. The van der Waals surface area contributed by atoms with Crippen LogP contribution in [0, 0.1) is 13.8 Å². The van der Waals surface area contributed by atoms with Gasteiger partial charge < -0.3 is 4.74 Å². The zero-order chi connectivity index (χ0) is 21.6. The van der Waals surface area contributed by atoms with Crippen molar-refractivity contribution in [2.75, 3.05) is 50.0 Å². The van der Waals surface area contributed by atoms with Crippen molar-refractivity contribution >= 4 is 44.4 Å². The molecule has 1 saturated heterocycles. The number of hydrogen-bond donors (Lipinski definition) is 0. The smallest absolute Gasteiger partial charge is 0.239 e. The van der Waals surface area contributed by atoms with Crippen LogP contribution in [0.25, 0.3) is 10.2 Å². The summed E-state index contributed by atoms with van der Waals surface area (Å²) < 4.78 is 6.57. The Kier molecular flexibility index (Phi) is 7.61. The summed E-state index contributed by atoms with van der Waals surface area (Å²) in [6.45, 7) is 9.36. The van der Waals surface area contributed by atoms with Gasteiger partial charge in [-0.05, 0) is 50.1 Å². The highest BCUT2D eigenvalue weighted by Crippen LogP contribution is 2.30. The Morgan fingerprint density at radius 2 is 1.87 bits per heavy atom. The molecule has 1 aromatic heterocycles. The largest absolute Gasteiger partial charge is 0.379 e. The van der Waals surface area contributed by atoms with Crippen molar-refractivity contribution in [3.63, 3.8) is 0 Å². The topological polar surface area (TPSA) is 45.7 Å². The van der Waals surface area contributed by atoms with Crippen LogP contribution in [0.1, 0.15) is 17.5 Å². The van der Waals surface area contributed by atoms with Gasteiger partial charge in [0.2, 0.25) is 5.91 Å². The lowest BCUT2D eigenvalue weighted by molar-refractivity contribution is -0.116. The summed E-state index contributed by atoms with van der Waals surface area (Å²) >= 11 is 3.20. The standard InChI is InChI=1S/C24H29N3O2S2/c1-18-4-7-20(8-5-18)30-17-23(28)27(11-3-10-26-12-14-29-15-13-26)24-25-21-9-6-19(2)16-22(21)31-24/h4-9,16H,3,10-15,17H2,1-2H3. The van der Waals surface area contributed by atoms with Crippen LogP contribution < -0.4 is 4.90 Å². The quantitative estimate of drug-likeness (QED) is 0.458. The maximum atomic E-state index is 13.2.